The van der Waals surface area contributed by atoms with Crippen molar-refractivity contribution in [2.24, 2.45) is 0 Å². The van der Waals surface area contributed by atoms with Crippen molar-refractivity contribution in [1.82, 2.24) is 4.72 Å². The van der Waals surface area contributed by atoms with Gasteiger partial charge in [-0.15, -0.1) is 0 Å². The minimum Gasteiger partial charge on any atom is -0.494 e. The smallest absolute Gasteiger partial charge is 0.262 e. The number of nitrogens with one attached hydrogen (secondary N) is 2. The van der Waals surface area contributed by atoms with E-state index in [-0.39, 0.29) is 28.2 Å². The minimum atomic E-state index is -3.81. The predicted octanol–water partition coefficient (Wildman–Crippen LogP) is 4.80. The van der Waals surface area contributed by atoms with E-state index in [0.717, 1.165) is 5.56 Å². The standard InChI is InChI=1S/C24H25ClN2O5S/c1-3-31-20-11-9-19(10-12-20)26-24(28)16-32-23-14-13-21(15-22(23)25)33(29,30)27-17(2)18-7-5-4-6-8-18/h4-15,17,27H,3,16H2,1-2H3,(H,26,28). The van der Waals surface area contributed by atoms with Gasteiger partial charge in [-0.05, 0) is 61.9 Å². The number of rotatable bonds is 10. The van der Waals surface area contributed by atoms with Gasteiger partial charge in [-0.25, -0.2) is 13.1 Å². The normalized spacial score (nSPS) is 12.1. The second-order valence-corrected chi connectivity index (χ2v) is 9.26. The van der Waals surface area contributed by atoms with Crippen molar-refractivity contribution in [1.29, 1.82) is 0 Å². The molecule has 1 unspecified atom stereocenters. The van der Waals surface area contributed by atoms with Crippen molar-refractivity contribution >= 4 is 33.2 Å². The van der Waals surface area contributed by atoms with Gasteiger partial charge in [0, 0.05) is 11.7 Å². The first-order chi connectivity index (χ1) is 15.8. The summed E-state index contributed by atoms with van der Waals surface area (Å²) in [4.78, 5) is 12.2. The first-order valence-corrected chi connectivity index (χ1v) is 12.2. The second-order valence-electron chi connectivity index (χ2n) is 7.14. The Morgan fingerprint density at radius 3 is 2.33 bits per heavy atom. The lowest BCUT2D eigenvalue weighted by Crippen LogP contribution is -2.27. The molecular formula is C24H25ClN2O5S. The molecule has 1 amide bonds. The zero-order valence-electron chi connectivity index (χ0n) is 18.2. The molecule has 9 heteroatoms. The summed E-state index contributed by atoms with van der Waals surface area (Å²) in [5.41, 5.74) is 1.43. The molecular weight excluding hydrogens is 464 g/mol. The molecule has 3 rings (SSSR count). The summed E-state index contributed by atoms with van der Waals surface area (Å²) in [6, 6.07) is 19.9. The second kappa shape index (κ2) is 11.2. The van der Waals surface area contributed by atoms with Crippen LogP contribution in [0.15, 0.2) is 77.7 Å². The van der Waals surface area contributed by atoms with Crippen LogP contribution in [0.25, 0.3) is 0 Å². The summed E-state index contributed by atoms with van der Waals surface area (Å²) < 4.78 is 38.9. The van der Waals surface area contributed by atoms with E-state index in [9.17, 15) is 13.2 Å². The summed E-state index contributed by atoms with van der Waals surface area (Å²) in [5.74, 6) is 0.528. The van der Waals surface area contributed by atoms with Gasteiger partial charge in [0.05, 0.1) is 16.5 Å². The van der Waals surface area contributed by atoms with Gasteiger partial charge >= 0.3 is 0 Å². The summed E-state index contributed by atoms with van der Waals surface area (Å²) in [7, 11) is -3.81. The molecule has 0 radical (unpaired) electrons. The topological polar surface area (TPSA) is 93.7 Å². The van der Waals surface area contributed by atoms with E-state index in [1.54, 1.807) is 31.2 Å². The fourth-order valence-corrected chi connectivity index (χ4v) is 4.58. The molecule has 0 heterocycles. The third-order valence-corrected chi connectivity index (χ3v) is 6.49. The van der Waals surface area contributed by atoms with Crippen LogP contribution < -0.4 is 19.5 Å². The number of hydrogen-bond acceptors (Lipinski definition) is 5. The van der Waals surface area contributed by atoms with Crippen molar-refractivity contribution in [3.8, 4) is 11.5 Å². The molecule has 2 N–H and O–H groups in total. The SMILES string of the molecule is CCOc1ccc(NC(=O)COc2ccc(S(=O)(=O)NC(C)c3ccccc3)cc2Cl)cc1. The van der Waals surface area contributed by atoms with Crippen LogP contribution in [-0.2, 0) is 14.8 Å². The predicted molar refractivity (Wildman–Crippen MR) is 128 cm³/mol. The van der Waals surface area contributed by atoms with Gasteiger partial charge in [0.15, 0.2) is 6.61 Å². The molecule has 1 atom stereocenters. The lowest BCUT2D eigenvalue weighted by atomic mass is 10.1. The molecule has 0 aliphatic rings. The summed E-state index contributed by atoms with van der Waals surface area (Å²) in [5, 5.41) is 2.79. The molecule has 3 aromatic rings. The molecule has 0 bridgehead atoms. The van der Waals surface area contributed by atoms with Crippen LogP contribution in [0.3, 0.4) is 0 Å². The van der Waals surface area contributed by atoms with E-state index in [1.165, 1.54) is 18.2 Å². The van der Waals surface area contributed by atoms with Crippen molar-refractivity contribution < 1.29 is 22.7 Å². The number of halogens is 1. The van der Waals surface area contributed by atoms with Gasteiger partial charge in [0.25, 0.3) is 5.91 Å². The van der Waals surface area contributed by atoms with E-state index in [1.807, 2.05) is 37.3 Å². The highest BCUT2D eigenvalue weighted by Crippen LogP contribution is 2.28. The van der Waals surface area contributed by atoms with Crippen molar-refractivity contribution in [3.63, 3.8) is 0 Å². The van der Waals surface area contributed by atoms with Crippen molar-refractivity contribution in [3.05, 3.63) is 83.4 Å². The third kappa shape index (κ3) is 6.95. The summed E-state index contributed by atoms with van der Waals surface area (Å²) >= 11 is 6.22. The van der Waals surface area contributed by atoms with Crippen LogP contribution >= 0.6 is 11.6 Å². The zero-order valence-corrected chi connectivity index (χ0v) is 19.8. The largest absolute Gasteiger partial charge is 0.494 e. The molecule has 7 nitrogen and oxygen atoms in total. The van der Waals surface area contributed by atoms with Crippen LogP contribution in [0.4, 0.5) is 5.69 Å². The number of ether oxygens (including phenoxy) is 2. The third-order valence-electron chi connectivity index (χ3n) is 4.65. The quantitative estimate of drug-likeness (QED) is 0.427. The molecule has 0 spiro atoms. The van der Waals surface area contributed by atoms with E-state index < -0.39 is 16.1 Å². The first kappa shape index (κ1) is 24.6. The number of anilines is 1. The number of benzene rings is 3. The van der Waals surface area contributed by atoms with Crippen molar-refractivity contribution in [2.45, 2.75) is 24.8 Å². The van der Waals surface area contributed by atoms with Crippen LogP contribution in [0.1, 0.15) is 25.5 Å². The molecule has 3 aromatic carbocycles. The lowest BCUT2D eigenvalue weighted by molar-refractivity contribution is -0.118. The van der Waals surface area contributed by atoms with Crippen LogP contribution in [0.2, 0.25) is 5.02 Å². The Labute approximate surface area is 198 Å². The van der Waals surface area contributed by atoms with Crippen LogP contribution in [-0.4, -0.2) is 27.5 Å². The Balaban J connectivity index is 1.59. The first-order valence-electron chi connectivity index (χ1n) is 10.3. The Morgan fingerprint density at radius 1 is 1.00 bits per heavy atom. The Kier molecular flexibility index (Phi) is 8.32. The van der Waals surface area contributed by atoms with Crippen LogP contribution in [0, 0.1) is 0 Å². The highest BCUT2D eigenvalue weighted by atomic mass is 35.5. The molecule has 0 saturated heterocycles. The number of hydrogen-bond donors (Lipinski definition) is 2. The van der Waals surface area contributed by atoms with E-state index in [0.29, 0.717) is 18.0 Å². The number of amides is 1. The molecule has 174 valence electrons. The summed E-state index contributed by atoms with van der Waals surface area (Å²) in [6.45, 7) is 3.92. The van der Waals surface area contributed by atoms with Crippen molar-refractivity contribution in [2.75, 3.05) is 18.5 Å². The van der Waals surface area contributed by atoms with E-state index in [4.69, 9.17) is 21.1 Å². The zero-order chi connectivity index (χ0) is 23.8. The fourth-order valence-electron chi connectivity index (χ4n) is 3.02. The molecule has 0 aromatic heterocycles. The Bertz CT molecular complexity index is 1190. The maximum Gasteiger partial charge on any atom is 0.262 e. The number of sulfonamides is 1. The Hall–Kier alpha value is -3.07. The van der Waals surface area contributed by atoms with E-state index >= 15 is 0 Å². The lowest BCUT2D eigenvalue weighted by Gasteiger charge is -2.15. The fraction of sp³-hybridized carbons (Fsp3) is 0.208. The summed E-state index contributed by atoms with van der Waals surface area (Å²) in [6.07, 6.45) is 0. The monoisotopic (exact) mass is 488 g/mol. The molecule has 33 heavy (non-hydrogen) atoms. The maximum absolute atomic E-state index is 12.7. The minimum absolute atomic E-state index is 0.00136. The highest BCUT2D eigenvalue weighted by Gasteiger charge is 2.20. The molecule has 0 saturated carbocycles. The van der Waals surface area contributed by atoms with Gasteiger partial charge in [-0.3, -0.25) is 4.79 Å². The highest BCUT2D eigenvalue weighted by molar-refractivity contribution is 7.89. The maximum atomic E-state index is 12.7. The number of carbonyl (C=O) groups excluding carboxylic acids is 1. The average Bonchev–Trinajstić information content (AvgIpc) is 2.80. The average molecular weight is 489 g/mol. The molecule has 0 aliphatic carbocycles. The van der Waals surface area contributed by atoms with Gasteiger partial charge in [-0.2, -0.15) is 0 Å². The van der Waals surface area contributed by atoms with E-state index in [2.05, 4.69) is 10.0 Å². The van der Waals surface area contributed by atoms with Gasteiger partial charge < -0.3 is 14.8 Å². The van der Waals surface area contributed by atoms with Gasteiger partial charge in [0.2, 0.25) is 10.0 Å². The Morgan fingerprint density at radius 2 is 1.70 bits per heavy atom. The van der Waals surface area contributed by atoms with Gasteiger partial charge in [-0.1, -0.05) is 41.9 Å². The molecule has 0 fully saturated rings. The number of carbonyl (C=O) groups is 1. The van der Waals surface area contributed by atoms with Crippen LogP contribution in [0.5, 0.6) is 11.5 Å². The van der Waals surface area contributed by atoms with Gasteiger partial charge in [0.1, 0.15) is 11.5 Å². The molecule has 0 aliphatic heterocycles.